The molecular formula is C23H30N8O7S. The van der Waals surface area contributed by atoms with E-state index in [4.69, 9.17) is 4.74 Å². The summed E-state index contributed by atoms with van der Waals surface area (Å²) in [6.45, 7) is 7.22. The van der Waals surface area contributed by atoms with Crippen molar-refractivity contribution >= 4 is 44.6 Å². The number of urea groups is 1. The van der Waals surface area contributed by atoms with Gasteiger partial charge in [0.15, 0.2) is 29.3 Å². The van der Waals surface area contributed by atoms with Crippen molar-refractivity contribution in [3.8, 4) is 0 Å². The summed E-state index contributed by atoms with van der Waals surface area (Å²) in [6, 6.07) is 4.93. The van der Waals surface area contributed by atoms with Gasteiger partial charge in [-0.2, -0.15) is 0 Å². The van der Waals surface area contributed by atoms with E-state index in [-0.39, 0.29) is 21.9 Å². The van der Waals surface area contributed by atoms with Gasteiger partial charge in [0.05, 0.1) is 11.2 Å². The van der Waals surface area contributed by atoms with E-state index in [9.17, 15) is 28.2 Å². The summed E-state index contributed by atoms with van der Waals surface area (Å²) < 4.78 is 34.4. The molecule has 1 aromatic carbocycles. The van der Waals surface area contributed by atoms with Crippen molar-refractivity contribution < 1.29 is 33.0 Å². The van der Waals surface area contributed by atoms with Gasteiger partial charge in [0.1, 0.15) is 18.5 Å². The van der Waals surface area contributed by atoms with E-state index in [2.05, 4.69) is 35.6 Å². The van der Waals surface area contributed by atoms with Gasteiger partial charge < -0.3 is 25.6 Å². The van der Waals surface area contributed by atoms with Crippen molar-refractivity contribution in [1.29, 1.82) is 0 Å². The molecule has 1 fully saturated rings. The number of carbonyl (C=O) groups excluding carboxylic acids is 2. The Balaban J connectivity index is 1.48. The van der Waals surface area contributed by atoms with E-state index >= 15 is 0 Å². The molecule has 4 atom stereocenters. The molecule has 1 saturated heterocycles. The molecule has 16 heteroatoms. The lowest BCUT2D eigenvalue weighted by atomic mass is 10.1. The van der Waals surface area contributed by atoms with Crippen LogP contribution in [0.5, 0.6) is 0 Å². The lowest BCUT2D eigenvalue weighted by Crippen LogP contribution is -2.42. The minimum atomic E-state index is -3.73. The van der Waals surface area contributed by atoms with Gasteiger partial charge >= 0.3 is 6.03 Å². The van der Waals surface area contributed by atoms with Crippen LogP contribution in [0.25, 0.3) is 11.2 Å². The molecule has 6 N–H and O–H groups in total. The van der Waals surface area contributed by atoms with Crippen LogP contribution < -0.4 is 20.7 Å². The van der Waals surface area contributed by atoms with Crippen molar-refractivity contribution in [2.45, 2.75) is 62.7 Å². The highest BCUT2D eigenvalue weighted by Crippen LogP contribution is 2.32. The smallest absolute Gasteiger partial charge is 0.324 e. The number of anilines is 2. The number of imidazole rings is 1. The van der Waals surface area contributed by atoms with E-state index in [0.29, 0.717) is 12.2 Å². The van der Waals surface area contributed by atoms with Crippen LogP contribution in [0.3, 0.4) is 0 Å². The maximum absolute atomic E-state index is 12.6. The minimum absolute atomic E-state index is 0.0399. The Kier molecular flexibility index (Phi) is 7.85. The van der Waals surface area contributed by atoms with Crippen LogP contribution in [0, 0.1) is 0 Å². The first-order valence-corrected chi connectivity index (χ1v) is 13.5. The fourth-order valence-electron chi connectivity index (χ4n) is 3.96. The van der Waals surface area contributed by atoms with E-state index in [1.54, 1.807) is 27.7 Å². The lowest BCUT2D eigenvalue weighted by Gasteiger charge is -2.20. The van der Waals surface area contributed by atoms with Gasteiger partial charge in [-0.25, -0.2) is 32.9 Å². The highest BCUT2D eigenvalue weighted by Gasteiger charge is 2.47. The van der Waals surface area contributed by atoms with E-state index < -0.39 is 52.0 Å². The fraction of sp³-hybridized carbons (Fsp3) is 0.435. The van der Waals surface area contributed by atoms with Crippen LogP contribution in [0.1, 0.15) is 33.9 Å². The number of nitrogens with zero attached hydrogens (tertiary/aromatic N) is 4. The van der Waals surface area contributed by atoms with Crippen LogP contribution in [0.15, 0.2) is 41.8 Å². The van der Waals surface area contributed by atoms with E-state index in [0.717, 1.165) is 6.33 Å². The average molecular weight is 563 g/mol. The van der Waals surface area contributed by atoms with Crippen molar-refractivity contribution in [3.63, 3.8) is 0 Å². The number of nitrogens with one attached hydrogen (secondary N) is 4. The molecule has 1 unspecified atom stereocenters. The molecule has 15 nitrogen and oxygen atoms in total. The third-order valence-electron chi connectivity index (χ3n) is 5.58. The first kappa shape index (κ1) is 28.3. The Morgan fingerprint density at radius 2 is 1.74 bits per heavy atom. The molecule has 0 spiro atoms. The quantitative estimate of drug-likeness (QED) is 0.232. The molecule has 0 radical (unpaired) electrons. The Morgan fingerprint density at radius 3 is 2.38 bits per heavy atom. The lowest BCUT2D eigenvalue weighted by molar-refractivity contribution is -0.137. The predicted molar refractivity (Wildman–Crippen MR) is 139 cm³/mol. The van der Waals surface area contributed by atoms with Crippen molar-refractivity contribution in [2.75, 3.05) is 17.2 Å². The number of amides is 3. The molecule has 4 rings (SSSR count). The van der Waals surface area contributed by atoms with Crippen LogP contribution in [-0.2, 0) is 19.6 Å². The van der Waals surface area contributed by atoms with Crippen LogP contribution >= 0.6 is 0 Å². The highest BCUT2D eigenvalue weighted by atomic mass is 32.2. The summed E-state index contributed by atoms with van der Waals surface area (Å²) in [5.74, 6) is -0.529. The zero-order chi connectivity index (χ0) is 28.5. The molecule has 210 valence electrons. The van der Waals surface area contributed by atoms with Crippen molar-refractivity contribution in [1.82, 2.24) is 29.6 Å². The van der Waals surface area contributed by atoms with Crippen molar-refractivity contribution in [2.24, 2.45) is 0 Å². The maximum Gasteiger partial charge on any atom is 0.324 e. The summed E-state index contributed by atoms with van der Waals surface area (Å²) in [5.41, 5.74) is 0.00702. The van der Waals surface area contributed by atoms with Gasteiger partial charge in [-0.15, -0.1) is 0 Å². The predicted octanol–water partition coefficient (Wildman–Crippen LogP) is 0.302. The second-order valence-corrected chi connectivity index (χ2v) is 11.5. The third kappa shape index (κ3) is 6.15. The van der Waals surface area contributed by atoms with Crippen LogP contribution in [-0.4, -0.2) is 80.5 Å². The Bertz CT molecular complexity index is 1470. The summed E-state index contributed by atoms with van der Waals surface area (Å²) in [6.07, 6.45) is -2.94. The summed E-state index contributed by atoms with van der Waals surface area (Å²) >= 11 is 0. The van der Waals surface area contributed by atoms with Gasteiger partial charge in [-0.1, -0.05) is 0 Å². The zero-order valence-corrected chi connectivity index (χ0v) is 22.4. The summed E-state index contributed by atoms with van der Waals surface area (Å²) in [5, 5.41) is 28.5. The first-order valence-electron chi connectivity index (χ1n) is 12.0. The summed E-state index contributed by atoms with van der Waals surface area (Å²) in [7, 11) is -3.73. The number of carbonyl (C=O) groups is 2. The second-order valence-electron chi connectivity index (χ2n) is 9.83. The fourth-order valence-corrected chi connectivity index (χ4v) is 5.38. The van der Waals surface area contributed by atoms with E-state index in [1.165, 1.54) is 35.2 Å². The number of fused-ring (bicyclic) bond motifs is 1. The van der Waals surface area contributed by atoms with Gasteiger partial charge in [0, 0.05) is 17.8 Å². The number of sulfonamides is 1. The number of aromatic nitrogens is 4. The molecule has 3 aromatic rings. The zero-order valence-electron chi connectivity index (χ0n) is 21.6. The molecule has 0 aliphatic carbocycles. The number of hydrogen-bond donors (Lipinski definition) is 6. The van der Waals surface area contributed by atoms with Crippen LogP contribution in [0.4, 0.5) is 16.3 Å². The molecule has 39 heavy (non-hydrogen) atoms. The van der Waals surface area contributed by atoms with Gasteiger partial charge in [-0.3, -0.25) is 14.7 Å². The molecule has 2 aromatic heterocycles. The van der Waals surface area contributed by atoms with Gasteiger partial charge in [0.2, 0.25) is 10.0 Å². The standard InChI is InChI=1S/C23H30N8O7S/c1-5-24-20(34)17-15(32)16(33)21(38-17)31-11-27-14-18(25-10-26-19(14)31)29-22(35)28-12-6-8-13(9-7-12)39(36,37)30-23(2,3)4/h6-11,15-17,21,30,32-33H,5H2,1-4H3,(H,24,34)(H2,25,26,28,29,35)/t15?,16-,17-,21+/m0/s1. The number of aliphatic hydroxyl groups excluding tert-OH is 2. The highest BCUT2D eigenvalue weighted by molar-refractivity contribution is 7.89. The monoisotopic (exact) mass is 562 g/mol. The number of aliphatic hydroxyl groups is 2. The minimum Gasteiger partial charge on any atom is -0.387 e. The molecular weight excluding hydrogens is 532 g/mol. The number of likely N-dealkylation sites (N-methyl/N-ethyl adjacent to an activating group) is 1. The third-order valence-corrected chi connectivity index (χ3v) is 7.35. The Labute approximate surface area is 224 Å². The van der Waals surface area contributed by atoms with Crippen molar-refractivity contribution in [3.05, 3.63) is 36.9 Å². The SMILES string of the molecule is CCNC(=O)[C@H]1O[C@@H](n2cnc3c(NC(=O)Nc4ccc(S(=O)(=O)NC(C)(C)C)cc4)ncnc32)[C@@H](O)C1O. The Hall–Kier alpha value is -3.70. The topological polar surface area (TPSA) is 210 Å². The second kappa shape index (κ2) is 10.8. The summed E-state index contributed by atoms with van der Waals surface area (Å²) in [4.78, 5) is 37.3. The van der Waals surface area contributed by atoms with Crippen LogP contribution in [0.2, 0.25) is 0 Å². The van der Waals surface area contributed by atoms with Gasteiger partial charge in [-0.05, 0) is 52.0 Å². The number of ether oxygens (including phenoxy) is 1. The number of rotatable bonds is 7. The first-order chi connectivity index (χ1) is 18.3. The molecule has 3 amide bonds. The average Bonchev–Trinajstić information content (AvgIpc) is 3.40. The maximum atomic E-state index is 12.6. The molecule has 1 aliphatic rings. The molecule has 0 saturated carbocycles. The number of hydrogen-bond acceptors (Lipinski definition) is 10. The molecule has 0 bridgehead atoms. The largest absolute Gasteiger partial charge is 0.387 e. The number of benzene rings is 1. The van der Waals surface area contributed by atoms with E-state index in [1.807, 2.05) is 0 Å². The van der Waals surface area contributed by atoms with Gasteiger partial charge in [0.25, 0.3) is 5.91 Å². The normalized spacial score (nSPS) is 21.6. The molecule has 3 heterocycles. The Morgan fingerprint density at radius 1 is 1.05 bits per heavy atom. The molecule has 1 aliphatic heterocycles.